The standard InChI is InChI=1S/C22H30N4O3S/c1-15(2)25-12-10-18-19(13-25)23-21(24-22(18)27)20-5-4-11-26(20)30(28,29)14-17-8-6-16(3)7-9-17/h6-9,15,20H,4-5,10-14H2,1-3H3,(H,23,24,27)/t20-/m1/s1. The van der Waals surface area contributed by atoms with Gasteiger partial charge in [-0.2, -0.15) is 4.31 Å². The summed E-state index contributed by atoms with van der Waals surface area (Å²) in [5.74, 6) is 0.439. The summed E-state index contributed by atoms with van der Waals surface area (Å²) in [7, 11) is -3.52. The second-order valence-corrected chi connectivity index (χ2v) is 10.6. The van der Waals surface area contributed by atoms with Crippen molar-refractivity contribution in [3.05, 3.63) is 62.8 Å². The van der Waals surface area contributed by atoms with Crippen molar-refractivity contribution < 1.29 is 8.42 Å². The Morgan fingerprint density at radius 2 is 1.93 bits per heavy atom. The Hall–Kier alpha value is -2.03. The molecule has 0 bridgehead atoms. The second-order valence-electron chi connectivity index (χ2n) is 8.70. The van der Waals surface area contributed by atoms with Crippen LogP contribution >= 0.6 is 0 Å². The van der Waals surface area contributed by atoms with E-state index in [0.717, 1.165) is 35.3 Å². The lowest BCUT2D eigenvalue weighted by Crippen LogP contribution is -2.40. The Balaban J connectivity index is 1.62. The predicted molar refractivity (Wildman–Crippen MR) is 117 cm³/mol. The number of nitrogens with one attached hydrogen (secondary N) is 1. The number of rotatable bonds is 5. The summed E-state index contributed by atoms with van der Waals surface area (Å²) in [6.45, 7) is 8.18. The van der Waals surface area contributed by atoms with Gasteiger partial charge in [-0.25, -0.2) is 13.4 Å². The fourth-order valence-corrected chi connectivity index (χ4v) is 6.18. The van der Waals surface area contributed by atoms with Gasteiger partial charge in [0.15, 0.2) is 0 Å². The average Bonchev–Trinajstić information content (AvgIpc) is 3.20. The average molecular weight is 431 g/mol. The number of H-pyrrole nitrogens is 1. The molecule has 1 N–H and O–H groups in total. The highest BCUT2D eigenvalue weighted by molar-refractivity contribution is 7.88. The van der Waals surface area contributed by atoms with Gasteiger partial charge >= 0.3 is 0 Å². The number of aromatic amines is 1. The molecule has 0 unspecified atom stereocenters. The van der Waals surface area contributed by atoms with Crippen LogP contribution in [0.4, 0.5) is 0 Å². The molecule has 2 aromatic rings. The molecule has 0 spiro atoms. The second kappa shape index (κ2) is 8.24. The van der Waals surface area contributed by atoms with Crippen LogP contribution in [0.1, 0.15) is 60.9 Å². The number of aromatic nitrogens is 2. The van der Waals surface area contributed by atoms with E-state index in [4.69, 9.17) is 4.98 Å². The zero-order valence-corrected chi connectivity index (χ0v) is 18.7. The molecule has 3 heterocycles. The normalized spacial score (nSPS) is 20.6. The molecular weight excluding hydrogens is 400 g/mol. The van der Waals surface area contributed by atoms with Crippen molar-refractivity contribution in [2.75, 3.05) is 13.1 Å². The number of fused-ring (bicyclic) bond motifs is 1. The van der Waals surface area contributed by atoms with E-state index in [0.29, 0.717) is 37.8 Å². The van der Waals surface area contributed by atoms with Gasteiger partial charge in [-0.3, -0.25) is 9.69 Å². The van der Waals surface area contributed by atoms with Crippen molar-refractivity contribution in [3.63, 3.8) is 0 Å². The lowest BCUT2D eigenvalue weighted by atomic mass is 10.0. The van der Waals surface area contributed by atoms with Gasteiger partial charge < -0.3 is 4.98 Å². The first-order valence-electron chi connectivity index (χ1n) is 10.7. The first-order valence-corrected chi connectivity index (χ1v) is 12.3. The van der Waals surface area contributed by atoms with Crippen LogP contribution in [0, 0.1) is 6.92 Å². The number of aryl methyl sites for hydroxylation is 1. The van der Waals surface area contributed by atoms with Gasteiger partial charge in [0, 0.05) is 31.2 Å². The van der Waals surface area contributed by atoms with Gasteiger partial charge in [-0.1, -0.05) is 29.8 Å². The Morgan fingerprint density at radius 1 is 1.20 bits per heavy atom. The minimum absolute atomic E-state index is 0.0416. The molecule has 30 heavy (non-hydrogen) atoms. The maximum absolute atomic E-state index is 13.2. The van der Waals surface area contributed by atoms with Crippen LogP contribution in [-0.4, -0.2) is 46.7 Å². The van der Waals surface area contributed by atoms with Crippen molar-refractivity contribution >= 4 is 10.0 Å². The number of benzene rings is 1. The van der Waals surface area contributed by atoms with Gasteiger partial charge in [0.1, 0.15) is 5.82 Å². The van der Waals surface area contributed by atoms with E-state index in [9.17, 15) is 13.2 Å². The smallest absolute Gasteiger partial charge is 0.254 e. The molecule has 0 saturated carbocycles. The van der Waals surface area contributed by atoms with E-state index in [2.05, 4.69) is 23.7 Å². The van der Waals surface area contributed by atoms with E-state index >= 15 is 0 Å². The highest BCUT2D eigenvalue weighted by Crippen LogP contribution is 2.34. The molecule has 2 aliphatic heterocycles. The minimum atomic E-state index is -3.52. The van der Waals surface area contributed by atoms with Gasteiger partial charge in [0.2, 0.25) is 10.0 Å². The quantitative estimate of drug-likeness (QED) is 0.788. The number of nitrogens with zero attached hydrogens (tertiary/aromatic N) is 3. The monoisotopic (exact) mass is 430 g/mol. The summed E-state index contributed by atoms with van der Waals surface area (Å²) in [6, 6.07) is 7.54. The largest absolute Gasteiger partial charge is 0.309 e. The molecule has 0 aliphatic carbocycles. The van der Waals surface area contributed by atoms with Crippen LogP contribution in [0.5, 0.6) is 0 Å². The maximum atomic E-state index is 13.2. The Morgan fingerprint density at radius 3 is 2.63 bits per heavy atom. The van der Waals surface area contributed by atoms with Crippen LogP contribution in [0.25, 0.3) is 0 Å². The van der Waals surface area contributed by atoms with Crippen molar-refractivity contribution in [1.82, 2.24) is 19.2 Å². The molecule has 1 aromatic heterocycles. The van der Waals surface area contributed by atoms with Crippen LogP contribution < -0.4 is 5.56 Å². The van der Waals surface area contributed by atoms with E-state index < -0.39 is 16.1 Å². The zero-order chi connectivity index (χ0) is 21.5. The molecule has 1 atom stereocenters. The minimum Gasteiger partial charge on any atom is -0.309 e. The maximum Gasteiger partial charge on any atom is 0.254 e. The first-order chi connectivity index (χ1) is 14.2. The van der Waals surface area contributed by atoms with Gasteiger partial charge in [0.05, 0.1) is 17.5 Å². The van der Waals surface area contributed by atoms with Crippen molar-refractivity contribution in [2.24, 2.45) is 0 Å². The third-order valence-electron chi connectivity index (χ3n) is 6.20. The van der Waals surface area contributed by atoms with Crippen molar-refractivity contribution in [2.45, 2.75) is 64.4 Å². The molecule has 0 radical (unpaired) electrons. The van der Waals surface area contributed by atoms with E-state index in [1.54, 1.807) is 0 Å². The van der Waals surface area contributed by atoms with Crippen LogP contribution in [-0.2, 0) is 28.7 Å². The molecule has 1 fully saturated rings. The van der Waals surface area contributed by atoms with Crippen LogP contribution in [0.3, 0.4) is 0 Å². The Bertz CT molecular complexity index is 1080. The highest BCUT2D eigenvalue weighted by Gasteiger charge is 2.37. The predicted octanol–water partition coefficient (Wildman–Crippen LogP) is 2.51. The van der Waals surface area contributed by atoms with Gasteiger partial charge in [0.25, 0.3) is 5.56 Å². The van der Waals surface area contributed by atoms with Crippen LogP contribution in [0.15, 0.2) is 29.1 Å². The number of hydrogen-bond acceptors (Lipinski definition) is 5. The van der Waals surface area contributed by atoms with Gasteiger partial charge in [-0.05, 0) is 45.6 Å². The number of sulfonamides is 1. The summed E-state index contributed by atoms with van der Waals surface area (Å²) < 4.78 is 27.9. The molecule has 1 aromatic carbocycles. The third-order valence-corrected chi connectivity index (χ3v) is 8.05. The summed E-state index contributed by atoms with van der Waals surface area (Å²) >= 11 is 0. The molecule has 8 heteroatoms. The molecular formula is C22H30N4O3S. The summed E-state index contributed by atoms with van der Waals surface area (Å²) in [5.41, 5.74) is 3.27. The highest BCUT2D eigenvalue weighted by atomic mass is 32.2. The van der Waals surface area contributed by atoms with Gasteiger partial charge in [-0.15, -0.1) is 0 Å². The summed E-state index contributed by atoms with van der Waals surface area (Å²) in [5, 5.41) is 0. The molecule has 1 saturated heterocycles. The fraction of sp³-hybridized carbons (Fsp3) is 0.545. The molecule has 162 valence electrons. The van der Waals surface area contributed by atoms with E-state index in [1.807, 2.05) is 31.2 Å². The fourth-order valence-electron chi connectivity index (χ4n) is 4.40. The van der Waals surface area contributed by atoms with Crippen LogP contribution in [0.2, 0.25) is 0 Å². The van der Waals surface area contributed by atoms with Crippen molar-refractivity contribution in [1.29, 1.82) is 0 Å². The number of hydrogen-bond donors (Lipinski definition) is 1. The molecule has 0 amide bonds. The third kappa shape index (κ3) is 4.22. The zero-order valence-electron chi connectivity index (χ0n) is 17.9. The Labute approximate surface area is 178 Å². The summed E-state index contributed by atoms with van der Waals surface area (Å²) in [4.78, 5) is 22.7. The topological polar surface area (TPSA) is 86.4 Å². The SMILES string of the molecule is Cc1ccc(CS(=O)(=O)N2CCC[C@@H]2c2nc3c(c(=O)[nH]2)CCN(C(C)C)C3)cc1. The lowest BCUT2D eigenvalue weighted by molar-refractivity contribution is 0.198. The van der Waals surface area contributed by atoms with E-state index in [-0.39, 0.29) is 11.3 Å². The summed E-state index contributed by atoms with van der Waals surface area (Å²) in [6.07, 6.45) is 2.11. The van der Waals surface area contributed by atoms with Crippen molar-refractivity contribution in [3.8, 4) is 0 Å². The first kappa shape index (κ1) is 21.2. The molecule has 7 nitrogen and oxygen atoms in total. The van der Waals surface area contributed by atoms with E-state index in [1.165, 1.54) is 4.31 Å². The Kier molecular flexibility index (Phi) is 5.83. The molecule has 4 rings (SSSR count). The molecule has 2 aliphatic rings. The lowest BCUT2D eigenvalue weighted by Gasteiger charge is -2.31.